The lowest BCUT2D eigenvalue weighted by atomic mass is 10.1. The van der Waals surface area contributed by atoms with Gasteiger partial charge in [-0.15, -0.1) is 0 Å². The quantitative estimate of drug-likeness (QED) is 0.115. The van der Waals surface area contributed by atoms with Gasteiger partial charge in [0.05, 0.1) is 7.11 Å². The first-order valence-corrected chi connectivity index (χ1v) is 10.0. The molecule has 0 aliphatic carbocycles. The highest BCUT2D eigenvalue weighted by Gasteiger charge is 2.32. The van der Waals surface area contributed by atoms with E-state index in [9.17, 15) is 9.59 Å². The fourth-order valence-corrected chi connectivity index (χ4v) is 2.88. The fraction of sp³-hybridized carbons (Fsp3) is 0.318. The molecule has 1 atom stereocenters. The van der Waals surface area contributed by atoms with Gasteiger partial charge in [-0.1, -0.05) is 49.7 Å². The minimum Gasteiger partial charge on any atom is -0.425 e. The van der Waals surface area contributed by atoms with Gasteiger partial charge in [-0.05, 0) is 24.1 Å². The van der Waals surface area contributed by atoms with Crippen molar-refractivity contribution in [1.82, 2.24) is 10.4 Å². The van der Waals surface area contributed by atoms with Crippen LogP contribution in [0.3, 0.4) is 0 Å². The fourth-order valence-electron chi connectivity index (χ4n) is 2.88. The normalized spacial score (nSPS) is 11.3. The summed E-state index contributed by atoms with van der Waals surface area (Å²) in [7, 11) is 1.34. The molecule has 0 aliphatic heterocycles. The van der Waals surface area contributed by atoms with Crippen LogP contribution in [0.4, 0.5) is 10.5 Å². The number of nitrogens with two attached hydrogens (primary N) is 1. The molecule has 9 nitrogen and oxygen atoms in total. The number of ether oxygens (including phenoxy) is 1. The van der Waals surface area contributed by atoms with Crippen LogP contribution in [0, 0.1) is 5.41 Å². The van der Waals surface area contributed by atoms with E-state index in [4.69, 9.17) is 20.7 Å². The molecule has 166 valence electrons. The maximum Gasteiger partial charge on any atom is 0.342 e. The molecule has 0 aliphatic rings. The van der Waals surface area contributed by atoms with E-state index < -0.39 is 18.0 Å². The van der Waals surface area contributed by atoms with Gasteiger partial charge in [-0.25, -0.2) is 9.59 Å². The Kier molecular flexibility index (Phi) is 9.31. The molecule has 0 bridgehead atoms. The summed E-state index contributed by atoms with van der Waals surface area (Å²) >= 11 is 0. The second-order valence-corrected chi connectivity index (χ2v) is 6.79. The summed E-state index contributed by atoms with van der Waals surface area (Å²) in [5.74, 6) is -0.646. The van der Waals surface area contributed by atoms with Crippen LogP contribution in [0.15, 0.2) is 54.6 Å². The van der Waals surface area contributed by atoms with Crippen molar-refractivity contribution < 1.29 is 19.2 Å². The van der Waals surface area contributed by atoms with Crippen molar-refractivity contribution in [3.63, 3.8) is 0 Å². The predicted molar refractivity (Wildman–Crippen MR) is 119 cm³/mol. The standard InChI is InChI=1S/C22H29N5O4/c1-3-4-13-25-22(29)27(30-2)19(14-16-9-6-5-7-10-16)20(28)31-18-12-8-11-17(15-18)26-21(23)24/h5-12,15,19H,3-4,13-14H2,1-2H3,(H,25,29)(H4,23,24,26)/t19-/m0/s1. The number of hydroxylamine groups is 2. The van der Waals surface area contributed by atoms with Gasteiger partial charge in [0, 0.05) is 24.7 Å². The Morgan fingerprint density at radius 1 is 1.16 bits per heavy atom. The van der Waals surface area contributed by atoms with E-state index in [0.29, 0.717) is 12.2 Å². The van der Waals surface area contributed by atoms with Crippen molar-refractivity contribution in [3.8, 4) is 5.75 Å². The van der Waals surface area contributed by atoms with Gasteiger partial charge < -0.3 is 21.1 Å². The number of carbonyl (C=O) groups is 2. The zero-order chi connectivity index (χ0) is 22.6. The van der Waals surface area contributed by atoms with E-state index in [-0.39, 0.29) is 18.1 Å². The molecule has 0 saturated heterocycles. The third-order valence-electron chi connectivity index (χ3n) is 4.36. The molecule has 5 N–H and O–H groups in total. The second kappa shape index (κ2) is 12.2. The number of urea groups is 1. The number of guanidine groups is 1. The molecular weight excluding hydrogens is 398 g/mol. The van der Waals surface area contributed by atoms with Gasteiger partial charge in [-0.3, -0.25) is 10.2 Å². The highest BCUT2D eigenvalue weighted by atomic mass is 16.7. The number of hydrogen-bond acceptors (Lipinski definition) is 5. The van der Waals surface area contributed by atoms with E-state index in [1.54, 1.807) is 18.2 Å². The number of amides is 2. The Labute approximate surface area is 182 Å². The summed E-state index contributed by atoms with van der Waals surface area (Å²) < 4.78 is 5.54. The van der Waals surface area contributed by atoms with Crippen LogP contribution in [0.2, 0.25) is 0 Å². The molecule has 31 heavy (non-hydrogen) atoms. The maximum atomic E-state index is 13.1. The first-order valence-electron chi connectivity index (χ1n) is 10.0. The Hall–Kier alpha value is -3.59. The smallest absolute Gasteiger partial charge is 0.342 e. The number of nitrogens with zero attached hydrogens (tertiary/aromatic N) is 1. The number of carbonyl (C=O) groups excluding carboxylic acids is 2. The number of anilines is 1. The van der Waals surface area contributed by atoms with Crippen LogP contribution in [0.25, 0.3) is 0 Å². The number of esters is 1. The monoisotopic (exact) mass is 427 g/mol. The summed E-state index contributed by atoms with van der Waals surface area (Å²) in [5.41, 5.74) is 6.69. The van der Waals surface area contributed by atoms with Crippen molar-refractivity contribution >= 4 is 23.6 Å². The van der Waals surface area contributed by atoms with Crippen molar-refractivity contribution in [2.75, 3.05) is 19.0 Å². The third-order valence-corrected chi connectivity index (χ3v) is 4.36. The number of benzene rings is 2. The first-order chi connectivity index (χ1) is 14.9. The molecule has 0 spiro atoms. The van der Waals surface area contributed by atoms with Crippen LogP contribution in [-0.4, -0.2) is 42.7 Å². The summed E-state index contributed by atoms with van der Waals surface area (Å²) in [5, 5.41) is 13.7. The maximum absolute atomic E-state index is 13.1. The van der Waals surface area contributed by atoms with Gasteiger partial charge in [0.2, 0.25) is 0 Å². The van der Waals surface area contributed by atoms with E-state index in [2.05, 4.69) is 10.6 Å². The lowest BCUT2D eigenvalue weighted by Gasteiger charge is -2.28. The van der Waals surface area contributed by atoms with Crippen molar-refractivity contribution in [2.45, 2.75) is 32.2 Å². The van der Waals surface area contributed by atoms with Gasteiger partial charge >= 0.3 is 12.0 Å². The van der Waals surface area contributed by atoms with Crippen LogP contribution >= 0.6 is 0 Å². The van der Waals surface area contributed by atoms with Crippen LogP contribution in [0.5, 0.6) is 5.75 Å². The van der Waals surface area contributed by atoms with Gasteiger partial charge in [0.25, 0.3) is 0 Å². The molecule has 2 aromatic carbocycles. The van der Waals surface area contributed by atoms with E-state index >= 15 is 0 Å². The Morgan fingerprint density at radius 2 is 1.90 bits per heavy atom. The SMILES string of the molecule is CCCCNC(=O)N(OC)[C@@H](Cc1ccccc1)C(=O)Oc1cccc(NC(=N)N)c1. The third kappa shape index (κ3) is 7.63. The first kappa shape index (κ1) is 23.7. The molecular formula is C22H29N5O4. The number of unbranched alkanes of at least 4 members (excludes halogenated alkanes) is 1. The predicted octanol–water partition coefficient (Wildman–Crippen LogP) is 2.88. The van der Waals surface area contributed by atoms with E-state index in [1.807, 2.05) is 37.3 Å². The molecule has 0 aromatic heterocycles. The molecule has 0 unspecified atom stereocenters. The number of hydrogen-bond donors (Lipinski definition) is 4. The van der Waals surface area contributed by atoms with Gasteiger partial charge in [-0.2, -0.15) is 5.06 Å². The summed E-state index contributed by atoms with van der Waals surface area (Å²) in [6.07, 6.45) is 1.94. The largest absolute Gasteiger partial charge is 0.425 e. The minimum absolute atomic E-state index is 0.208. The van der Waals surface area contributed by atoms with Crippen LogP contribution < -0.4 is 21.1 Å². The van der Waals surface area contributed by atoms with E-state index in [0.717, 1.165) is 23.5 Å². The zero-order valence-corrected chi connectivity index (χ0v) is 17.8. The average molecular weight is 428 g/mol. The van der Waals surface area contributed by atoms with Crippen molar-refractivity contribution in [2.24, 2.45) is 5.73 Å². The van der Waals surface area contributed by atoms with Crippen LogP contribution in [0.1, 0.15) is 25.3 Å². The van der Waals surface area contributed by atoms with Crippen molar-refractivity contribution in [1.29, 1.82) is 5.41 Å². The van der Waals surface area contributed by atoms with Gasteiger partial charge in [0.1, 0.15) is 5.75 Å². The Bertz CT molecular complexity index is 875. The Morgan fingerprint density at radius 3 is 2.55 bits per heavy atom. The Balaban J connectivity index is 2.23. The van der Waals surface area contributed by atoms with E-state index in [1.165, 1.54) is 13.2 Å². The number of nitrogens with one attached hydrogen (secondary N) is 3. The molecule has 2 amide bonds. The lowest BCUT2D eigenvalue weighted by molar-refractivity contribution is -0.161. The number of rotatable bonds is 10. The van der Waals surface area contributed by atoms with Crippen molar-refractivity contribution in [3.05, 3.63) is 60.2 Å². The highest BCUT2D eigenvalue weighted by Crippen LogP contribution is 2.20. The molecule has 0 radical (unpaired) electrons. The summed E-state index contributed by atoms with van der Waals surface area (Å²) in [6.45, 7) is 2.49. The molecule has 2 rings (SSSR count). The minimum atomic E-state index is -1.02. The van der Waals surface area contributed by atoms with Crippen LogP contribution in [-0.2, 0) is 16.1 Å². The summed E-state index contributed by atoms with van der Waals surface area (Å²) in [6, 6.07) is 14.3. The summed E-state index contributed by atoms with van der Waals surface area (Å²) in [4.78, 5) is 31.0. The molecule has 0 heterocycles. The lowest BCUT2D eigenvalue weighted by Crippen LogP contribution is -2.51. The average Bonchev–Trinajstić information content (AvgIpc) is 2.74. The second-order valence-electron chi connectivity index (χ2n) is 6.79. The highest BCUT2D eigenvalue weighted by molar-refractivity contribution is 5.90. The molecule has 0 fully saturated rings. The molecule has 2 aromatic rings. The molecule has 9 heteroatoms. The molecule has 0 saturated carbocycles. The zero-order valence-electron chi connectivity index (χ0n) is 17.8. The van der Waals surface area contributed by atoms with Gasteiger partial charge in [0.15, 0.2) is 12.0 Å². The topological polar surface area (TPSA) is 130 Å².